The second kappa shape index (κ2) is 10.1. The molecule has 0 fully saturated rings. The minimum atomic E-state index is -0.652. The number of Topliss-reactive ketones (excluding diaryl/α,β-unsaturated/α-hetero) is 1. The van der Waals surface area contributed by atoms with E-state index >= 15 is 0 Å². The summed E-state index contributed by atoms with van der Waals surface area (Å²) in [4.78, 5) is 36.7. The Balaban J connectivity index is 1.67. The van der Waals surface area contributed by atoms with Crippen LogP contribution in [0.15, 0.2) is 48.5 Å². The molecule has 7 nitrogen and oxygen atoms in total. The van der Waals surface area contributed by atoms with Crippen LogP contribution >= 0.6 is 0 Å². The number of benzene rings is 2. The summed E-state index contributed by atoms with van der Waals surface area (Å²) in [6, 6.07) is 14.2. The summed E-state index contributed by atoms with van der Waals surface area (Å²) in [5.41, 5.74) is 2.57. The highest BCUT2D eigenvalue weighted by atomic mass is 16.6. The number of hydrogen-bond acceptors (Lipinski definition) is 6. The monoisotopic (exact) mass is 384 g/mol. The van der Waals surface area contributed by atoms with Crippen molar-refractivity contribution in [1.82, 2.24) is 5.32 Å². The quantitative estimate of drug-likeness (QED) is 0.527. The molecule has 0 bridgehead atoms. The molecule has 0 spiro atoms. The first-order valence-corrected chi connectivity index (χ1v) is 8.77. The van der Waals surface area contributed by atoms with Crippen LogP contribution < -0.4 is 15.0 Å². The Morgan fingerprint density at radius 2 is 1.57 bits per heavy atom. The minimum absolute atomic E-state index is 0.0504. The van der Waals surface area contributed by atoms with Gasteiger partial charge in [-0.1, -0.05) is 12.1 Å². The van der Waals surface area contributed by atoms with E-state index < -0.39 is 11.9 Å². The molecular formula is C21H24N2O5. The summed E-state index contributed by atoms with van der Waals surface area (Å²) in [5, 5.41) is 2.69. The van der Waals surface area contributed by atoms with E-state index in [1.807, 2.05) is 43.3 Å². The molecule has 0 aromatic heterocycles. The van der Waals surface area contributed by atoms with E-state index in [9.17, 15) is 14.4 Å². The summed E-state index contributed by atoms with van der Waals surface area (Å²) in [5.74, 6) is -0.657. The zero-order valence-corrected chi connectivity index (χ0v) is 16.2. The standard InChI is InChI=1S/C21H24N2O5/c1-15(24)17-6-10-19(11-7-17)27-14-21(26)28-13-20(25)22-12-16-4-8-18(9-5-16)23(2)3/h4-11H,12-14H2,1-3H3,(H,22,25). The van der Waals surface area contributed by atoms with Gasteiger partial charge in [-0.15, -0.1) is 0 Å². The average molecular weight is 384 g/mol. The van der Waals surface area contributed by atoms with E-state index in [1.54, 1.807) is 24.3 Å². The third kappa shape index (κ3) is 6.75. The van der Waals surface area contributed by atoms with E-state index in [4.69, 9.17) is 9.47 Å². The first kappa shape index (κ1) is 21.0. The molecule has 0 radical (unpaired) electrons. The van der Waals surface area contributed by atoms with Crippen LogP contribution in [0.2, 0.25) is 0 Å². The molecule has 2 aromatic carbocycles. The molecule has 0 saturated carbocycles. The summed E-state index contributed by atoms with van der Waals surface area (Å²) in [6.45, 7) is 1.13. The molecule has 0 aliphatic heterocycles. The van der Waals surface area contributed by atoms with E-state index in [2.05, 4.69) is 5.32 Å². The lowest BCUT2D eigenvalue weighted by Crippen LogP contribution is -2.29. The van der Waals surface area contributed by atoms with Crippen molar-refractivity contribution in [2.24, 2.45) is 0 Å². The van der Waals surface area contributed by atoms with Crippen LogP contribution in [-0.2, 0) is 20.9 Å². The molecule has 7 heteroatoms. The van der Waals surface area contributed by atoms with Crippen molar-refractivity contribution in [3.63, 3.8) is 0 Å². The van der Waals surface area contributed by atoms with Crippen molar-refractivity contribution in [1.29, 1.82) is 0 Å². The Morgan fingerprint density at radius 1 is 0.929 bits per heavy atom. The van der Waals surface area contributed by atoms with E-state index in [-0.39, 0.29) is 19.0 Å². The number of carbonyl (C=O) groups is 3. The third-order valence-corrected chi connectivity index (χ3v) is 3.92. The van der Waals surface area contributed by atoms with Crippen molar-refractivity contribution >= 4 is 23.3 Å². The molecule has 2 rings (SSSR count). The van der Waals surface area contributed by atoms with Gasteiger partial charge >= 0.3 is 5.97 Å². The molecule has 2 aromatic rings. The molecule has 0 aliphatic rings. The number of ether oxygens (including phenoxy) is 2. The van der Waals surface area contributed by atoms with Gasteiger partial charge in [0.1, 0.15) is 5.75 Å². The first-order chi connectivity index (χ1) is 13.3. The number of rotatable bonds is 9. The fourth-order valence-corrected chi connectivity index (χ4v) is 2.28. The maximum Gasteiger partial charge on any atom is 0.344 e. The minimum Gasteiger partial charge on any atom is -0.482 e. The van der Waals surface area contributed by atoms with E-state index in [0.717, 1.165) is 11.3 Å². The number of nitrogens with one attached hydrogen (secondary N) is 1. The fraction of sp³-hybridized carbons (Fsp3) is 0.286. The topological polar surface area (TPSA) is 84.9 Å². The Kier molecular flexibility index (Phi) is 7.56. The molecule has 0 aliphatic carbocycles. The predicted molar refractivity (Wildman–Crippen MR) is 106 cm³/mol. The van der Waals surface area contributed by atoms with Crippen molar-refractivity contribution in [3.05, 3.63) is 59.7 Å². The van der Waals surface area contributed by atoms with Gasteiger partial charge in [0, 0.05) is 31.9 Å². The molecule has 0 heterocycles. The second-order valence-electron chi connectivity index (χ2n) is 6.37. The smallest absolute Gasteiger partial charge is 0.344 e. The van der Waals surface area contributed by atoms with Crippen LogP contribution in [0.1, 0.15) is 22.8 Å². The van der Waals surface area contributed by atoms with Gasteiger partial charge < -0.3 is 19.7 Å². The second-order valence-corrected chi connectivity index (χ2v) is 6.37. The Hall–Kier alpha value is -3.35. The lowest BCUT2D eigenvalue weighted by molar-refractivity contribution is -0.150. The lowest BCUT2D eigenvalue weighted by atomic mass is 10.1. The largest absolute Gasteiger partial charge is 0.482 e. The van der Waals surface area contributed by atoms with Gasteiger partial charge in [-0.2, -0.15) is 0 Å². The van der Waals surface area contributed by atoms with Crippen LogP contribution in [0.4, 0.5) is 5.69 Å². The number of anilines is 1. The highest BCUT2D eigenvalue weighted by Gasteiger charge is 2.09. The molecule has 0 unspecified atom stereocenters. The molecule has 1 amide bonds. The van der Waals surface area contributed by atoms with Crippen LogP contribution in [0.5, 0.6) is 5.75 Å². The Labute approximate surface area is 164 Å². The number of amides is 1. The van der Waals surface area contributed by atoms with E-state index in [1.165, 1.54) is 6.92 Å². The van der Waals surface area contributed by atoms with Gasteiger partial charge in [0.05, 0.1) is 0 Å². The zero-order chi connectivity index (χ0) is 20.5. The molecule has 148 valence electrons. The normalized spacial score (nSPS) is 10.1. The summed E-state index contributed by atoms with van der Waals surface area (Å²) in [6.07, 6.45) is 0. The van der Waals surface area contributed by atoms with Gasteiger partial charge in [-0.25, -0.2) is 4.79 Å². The van der Waals surface area contributed by atoms with Gasteiger partial charge in [0.25, 0.3) is 5.91 Å². The maximum atomic E-state index is 11.8. The number of hydrogen-bond donors (Lipinski definition) is 1. The van der Waals surface area contributed by atoms with Crippen molar-refractivity contribution in [3.8, 4) is 5.75 Å². The Bertz CT molecular complexity index is 814. The molecule has 1 N–H and O–H groups in total. The van der Waals surface area contributed by atoms with Crippen LogP contribution in [0, 0.1) is 0 Å². The van der Waals surface area contributed by atoms with Crippen molar-refractivity contribution < 1.29 is 23.9 Å². The van der Waals surface area contributed by atoms with Crippen LogP contribution in [0.3, 0.4) is 0 Å². The SMILES string of the molecule is CC(=O)c1ccc(OCC(=O)OCC(=O)NCc2ccc(N(C)C)cc2)cc1. The highest BCUT2D eigenvalue weighted by Crippen LogP contribution is 2.13. The number of ketones is 1. The lowest BCUT2D eigenvalue weighted by Gasteiger charge is -2.13. The van der Waals surface area contributed by atoms with Crippen LogP contribution in [0.25, 0.3) is 0 Å². The number of carbonyl (C=O) groups excluding carboxylic acids is 3. The van der Waals surface area contributed by atoms with Gasteiger partial charge in [-0.3, -0.25) is 9.59 Å². The molecule has 0 atom stereocenters. The zero-order valence-electron chi connectivity index (χ0n) is 16.2. The van der Waals surface area contributed by atoms with Gasteiger partial charge in [0.2, 0.25) is 0 Å². The average Bonchev–Trinajstić information content (AvgIpc) is 2.69. The first-order valence-electron chi connectivity index (χ1n) is 8.77. The van der Waals surface area contributed by atoms with E-state index in [0.29, 0.717) is 17.9 Å². The maximum absolute atomic E-state index is 11.8. The van der Waals surface area contributed by atoms with Gasteiger partial charge in [-0.05, 0) is 48.9 Å². The molecular weight excluding hydrogens is 360 g/mol. The summed E-state index contributed by atoms with van der Waals surface area (Å²) >= 11 is 0. The summed E-state index contributed by atoms with van der Waals surface area (Å²) in [7, 11) is 3.91. The molecule has 0 saturated heterocycles. The number of esters is 1. The highest BCUT2D eigenvalue weighted by molar-refractivity contribution is 5.94. The van der Waals surface area contributed by atoms with Crippen molar-refractivity contribution in [2.75, 3.05) is 32.2 Å². The van der Waals surface area contributed by atoms with Crippen LogP contribution in [-0.4, -0.2) is 45.0 Å². The van der Waals surface area contributed by atoms with Gasteiger partial charge in [0.15, 0.2) is 19.0 Å². The Morgan fingerprint density at radius 3 is 2.14 bits per heavy atom. The number of nitrogens with zero attached hydrogens (tertiary/aromatic N) is 1. The molecule has 28 heavy (non-hydrogen) atoms. The van der Waals surface area contributed by atoms with Crippen molar-refractivity contribution in [2.45, 2.75) is 13.5 Å². The third-order valence-electron chi connectivity index (χ3n) is 3.92. The summed E-state index contributed by atoms with van der Waals surface area (Å²) < 4.78 is 10.2. The fourth-order valence-electron chi connectivity index (χ4n) is 2.28. The predicted octanol–water partition coefficient (Wildman–Crippen LogP) is 2.19.